The van der Waals surface area contributed by atoms with E-state index in [1.54, 1.807) is 22.0 Å². The summed E-state index contributed by atoms with van der Waals surface area (Å²) in [6.45, 7) is 5.30. The van der Waals surface area contributed by atoms with Crippen molar-refractivity contribution in [1.82, 2.24) is 29.6 Å². The average molecular weight is 688 g/mol. The highest BCUT2D eigenvalue weighted by Gasteiger charge is 2.67. The Hall–Kier alpha value is -3.87. The Labute approximate surface area is 274 Å². The lowest BCUT2D eigenvalue weighted by Crippen LogP contribution is -2.45. The number of Topliss-reactive ketones (excluding diaryl/α,β-unsaturated/α-hetero) is 2. The minimum Gasteiger partial charge on any atom is -0.381 e. The number of nitrogens with zero attached hydrogens (tertiary/aromatic N) is 6. The fourth-order valence-corrected chi connectivity index (χ4v) is 7.24. The number of rotatable bonds is 4. The fraction of sp³-hybridized carbons (Fsp3) is 0.441. The Bertz CT molecular complexity index is 1840. The van der Waals surface area contributed by atoms with Crippen LogP contribution in [0.4, 0.5) is 0 Å². The smallest absolute Gasteiger partial charge is 0.245 e. The number of fused-ring (bicyclic) bond motifs is 3. The predicted octanol–water partition coefficient (Wildman–Crippen LogP) is 4.66. The van der Waals surface area contributed by atoms with Crippen LogP contribution in [0.25, 0.3) is 22.0 Å². The molecule has 2 bridgehead atoms. The molecule has 3 aliphatic rings. The Morgan fingerprint density at radius 1 is 1.04 bits per heavy atom. The number of halogens is 1. The van der Waals surface area contributed by atoms with E-state index in [-0.39, 0.29) is 47.6 Å². The van der Waals surface area contributed by atoms with E-state index in [4.69, 9.17) is 9.47 Å². The summed E-state index contributed by atoms with van der Waals surface area (Å²) in [6.07, 6.45) is 6.69. The first-order chi connectivity index (χ1) is 22.2. The highest BCUT2D eigenvalue weighted by Crippen LogP contribution is 2.60. The van der Waals surface area contributed by atoms with Crippen LogP contribution < -0.4 is 0 Å². The highest BCUT2D eigenvalue weighted by atomic mass is 79.9. The van der Waals surface area contributed by atoms with E-state index < -0.39 is 6.04 Å². The van der Waals surface area contributed by atoms with Gasteiger partial charge in [0.15, 0.2) is 11.6 Å². The molecule has 5 heterocycles. The van der Waals surface area contributed by atoms with Crippen molar-refractivity contribution >= 4 is 44.3 Å². The Morgan fingerprint density at radius 2 is 1.83 bits per heavy atom. The molecule has 11 nitrogen and oxygen atoms in total. The number of carbonyl (C=O) groups is 3. The van der Waals surface area contributed by atoms with E-state index in [1.165, 1.54) is 6.92 Å². The zero-order valence-corrected chi connectivity index (χ0v) is 27.5. The summed E-state index contributed by atoms with van der Waals surface area (Å²) in [7, 11) is 0. The highest BCUT2D eigenvalue weighted by molar-refractivity contribution is 9.10. The molecule has 0 radical (unpaired) electrons. The number of benzene rings is 1. The number of carbonyl (C=O) groups excluding carboxylic acids is 3. The average Bonchev–Trinajstić information content (AvgIpc) is 3.45. The van der Waals surface area contributed by atoms with Crippen molar-refractivity contribution in [2.24, 2.45) is 5.41 Å². The van der Waals surface area contributed by atoms with Gasteiger partial charge >= 0.3 is 0 Å². The van der Waals surface area contributed by atoms with Crippen LogP contribution in [0.3, 0.4) is 0 Å². The quantitative estimate of drug-likeness (QED) is 0.222. The van der Waals surface area contributed by atoms with E-state index in [9.17, 15) is 14.4 Å². The maximum Gasteiger partial charge on any atom is 0.245 e. The molecule has 1 amide bonds. The maximum atomic E-state index is 14.2. The van der Waals surface area contributed by atoms with Crippen molar-refractivity contribution in [1.29, 1.82) is 0 Å². The molecule has 2 aliphatic heterocycles. The third-order valence-electron chi connectivity index (χ3n) is 9.41. The van der Waals surface area contributed by atoms with E-state index in [0.29, 0.717) is 59.9 Å². The lowest BCUT2D eigenvalue weighted by molar-refractivity contribution is -0.139. The van der Waals surface area contributed by atoms with E-state index in [2.05, 4.69) is 36.0 Å². The Morgan fingerprint density at radius 3 is 2.61 bits per heavy atom. The standard InChI is InChI=1S/C34H35BrN6O5/c1-20(42)33-25-11-22(24-15-36-21(2)37-16-24)5-7-27(25)40(39-33)17-32(44)41-28-13-34(14-30(34)41)19-46-10-4-3-9-45-18-23-6-8-31(35)38-26(23)12-29(28)43/h5-8,11,15-16,28,30H,3-4,9-10,12-14,17-19H2,1-2H3/t28-,30+,34-/m0/s1. The van der Waals surface area contributed by atoms with E-state index >= 15 is 0 Å². The molecule has 0 unspecified atom stereocenters. The van der Waals surface area contributed by atoms with Gasteiger partial charge in [-0.2, -0.15) is 5.10 Å². The number of ether oxygens (including phenoxy) is 2. The van der Waals surface area contributed by atoms with Crippen molar-refractivity contribution < 1.29 is 23.9 Å². The molecular weight excluding hydrogens is 652 g/mol. The van der Waals surface area contributed by atoms with E-state index in [1.807, 2.05) is 37.3 Å². The van der Waals surface area contributed by atoms with Crippen molar-refractivity contribution in [2.75, 3.05) is 19.8 Å². The van der Waals surface area contributed by atoms with Gasteiger partial charge in [-0.15, -0.1) is 0 Å². The topological polar surface area (TPSA) is 129 Å². The molecule has 4 aromatic rings. The second-order valence-electron chi connectivity index (χ2n) is 12.6. The minimum atomic E-state index is -0.600. The SMILES string of the molecule is CC(=O)c1nn(CC(=O)N2[C@H]3C[C@@]4(COCCCCOCc5ccc(Br)nc5CC3=O)C[C@@H]24)c2ccc(-c3cnc(C)nc3)cc12. The number of aromatic nitrogens is 5. The molecule has 1 saturated heterocycles. The first-order valence-electron chi connectivity index (χ1n) is 15.7. The molecule has 1 aliphatic carbocycles. The molecule has 12 heteroatoms. The van der Waals surface area contributed by atoms with Crippen LogP contribution in [-0.2, 0) is 38.6 Å². The van der Waals surface area contributed by atoms with Gasteiger partial charge in [-0.3, -0.25) is 19.1 Å². The Kier molecular flexibility index (Phi) is 8.28. The first kappa shape index (κ1) is 30.8. The van der Waals surface area contributed by atoms with Crippen LogP contribution in [-0.4, -0.2) is 79.0 Å². The number of amides is 1. The van der Waals surface area contributed by atoms with Gasteiger partial charge in [0.25, 0.3) is 0 Å². The van der Waals surface area contributed by atoms with Gasteiger partial charge in [-0.05, 0) is 77.9 Å². The second kappa shape index (κ2) is 12.4. The first-order valence-corrected chi connectivity index (χ1v) is 16.5. The summed E-state index contributed by atoms with van der Waals surface area (Å²) < 4.78 is 14.2. The maximum absolute atomic E-state index is 14.2. The normalized spacial score (nSPS) is 23.4. The third kappa shape index (κ3) is 5.89. The van der Waals surface area contributed by atoms with Gasteiger partial charge in [-0.1, -0.05) is 12.1 Å². The molecular formula is C34H35BrN6O5. The summed E-state index contributed by atoms with van der Waals surface area (Å²) in [6, 6.07) is 8.77. The van der Waals surface area contributed by atoms with Crippen LogP contribution in [0, 0.1) is 12.3 Å². The molecule has 7 rings (SSSR count). The van der Waals surface area contributed by atoms with Crippen LogP contribution >= 0.6 is 15.9 Å². The summed E-state index contributed by atoms with van der Waals surface area (Å²) in [5.41, 5.74) is 3.91. The summed E-state index contributed by atoms with van der Waals surface area (Å²) in [5, 5.41) is 5.25. The number of hydrogen-bond donors (Lipinski definition) is 0. The van der Waals surface area contributed by atoms with Gasteiger partial charge in [0.05, 0.1) is 36.9 Å². The molecule has 46 heavy (non-hydrogen) atoms. The lowest BCUT2D eigenvalue weighted by atomic mass is 9.95. The van der Waals surface area contributed by atoms with E-state index in [0.717, 1.165) is 36.0 Å². The van der Waals surface area contributed by atoms with Gasteiger partial charge in [0.1, 0.15) is 22.7 Å². The molecule has 238 valence electrons. The second-order valence-corrected chi connectivity index (χ2v) is 13.4. The number of likely N-dealkylation sites (tertiary alicyclic amines) is 1. The molecule has 1 saturated carbocycles. The monoisotopic (exact) mass is 686 g/mol. The van der Waals surface area contributed by atoms with Crippen molar-refractivity contribution in [3.63, 3.8) is 0 Å². The van der Waals surface area contributed by atoms with Gasteiger partial charge in [0.2, 0.25) is 5.91 Å². The van der Waals surface area contributed by atoms with Crippen LogP contribution in [0.2, 0.25) is 0 Å². The number of piperidine rings is 1. The zero-order valence-electron chi connectivity index (χ0n) is 25.9. The van der Waals surface area contributed by atoms with Crippen LogP contribution in [0.15, 0.2) is 47.3 Å². The van der Waals surface area contributed by atoms with Gasteiger partial charge in [0, 0.05) is 54.9 Å². The third-order valence-corrected chi connectivity index (χ3v) is 9.85. The Balaban J connectivity index is 1.19. The number of pyridine rings is 1. The van der Waals surface area contributed by atoms with Crippen molar-refractivity contribution in [2.45, 2.75) is 71.2 Å². The van der Waals surface area contributed by atoms with Crippen molar-refractivity contribution in [3.05, 3.63) is 70.1 Å². The molecule has 3 atom stereocenters. The number of ketones is 2. The minimum absolute atomic E-state index is 0.0543. The molecule has 0 N–H and O–H groups in total. The summed E-state index contributed by atoms with van der Waals surface area (Å²) in [5.74, 6) is 0.212. The largest absolute Gasteiger partial charge is 0.381 e. The molecule has 2 fully saturated rings. The van der Waals surface area contributed by atoms with Gasteiger partial charge in [-0.25, -0.2) is 15.0 Å². The van der Waals surface area contributed by atoms with Crippen molar-refractivity contribution in [3.8, 4) is 11.1 Å². The predicted molar refractivity (Wildman–Crippen MR) is 172 cm³/mol. The summed E-state index contributed by atoms with van der Waals surface area (Å²) >= 11 is 3.45. The zero-order chi connectivity index (χ0) is 32.0. The molecule has 1 spiro atoms. The molecule has 1 aromatic carbocycles. The van der Waals surface area contributed by atoms with Crippen LogP contribution in [0.1, 0.15) is 60.2 Å². The number of hydrogen-bond acceptors (Lipinski definition) is 9. The molecule has 3 aromatic heterocycles. The fourth-order valence-electron chi connectivity index (χ4n) is 6.90. The lowest BCUT2D eigenvalue weighted by Gasteiger charge is -2.27. The number of aryl methyl sites for hydroxylation is 1. The van der Waals surface area contributed by atoms with Crippen LogP contribution in [0.5, 0.6) is 0 Å². The van der Waals surface area contributed by atoms with Gasteiger partial charge < -0.3 is 14.4 Å². The summed E-state index contributed by atoms with van der Waals surface area (Å²) in [4.78, 5) is 55.9.